The van der Waals surface area contributed by atoms with Crippen LogP contribution in [0, 0.1) is 13.8 Å². The molecule has 5 nitrogen and oxygen atoms in total. The highest BCUT2D eigenvalue weighted by Crippen LogP contribution is 2.23. The highest BCUT2D eigenvalue weighted by Gasteiger charge is 2.26. The number of benzene rings is 1. The van der Waals surface area contributed by atoms with E-state index in [1.165, 1.54) is 28.2 Å². The molecule has 0 unspecified atom stereocenters. The number of carbonyl (C=O) groups excluding carboxylic acids is 2. The molecule has 2 amide bonds. The SMILES string of the molecule is Cc1ccc(OCc2csc(C(=O)N3CCN(C(=O)c4cccs4)CC3)c2)c(C)c1. The number of piperazine rings is 1. The number of aryl methyl sites for hydroxylation is 2. The van der Waals surface area contributed by atoms with Crippen molar-refractivity contribution in [2.75, 3.05) is 26.2 Å². The van der Waals surface area contributed by atoms with E-state index in [1.807, 2.05) is 57.8 Å². The van der Waals surface area contributed by atoms with Gasteiger partial charge in [0.25, 0.3) is 11.8 Å². The van der Waals surface area contributed by atoms with Crippen molar-refractivity contribution in [3.8, 4) is 5.75 Å². The number of hydrogen-bond acceptors (Lipinski definition) is 5. The fourth-order valence-electron chi connectivity index (χ4n) is 3.51. The molecule has 3 heterocycles. The zero-order valence-electron chi connectivity index (χ0n) is 17.1. The van der Waals surface area contributed by atoms with Crippen LogP contribution >= 0.6 is 22.7 Å². The van der Waals surface area contributed by atoms with Crippen LogP contribution in [0.25, 0.3) is 0 Å². The van der Waals surface area contributed by atoms with Crippen LogP contribution in [0.1, 0.15) is 36.0 Å². The van der Waals surface area contributed by atoms with E-state index in [1.54, 1.807) is 0 Å². The zero-order chi connectivity index (χ0) is 21.1. The van der Waals surface area contributed by atoms with Crippen LogP contribution in [-0.2, 0) is 6.61 Å². The average Bonchev–Trinajstić information content (AvgIpc) is 3.45. The molecular weight excluding hydrogens is 416 g/mol. The van der Waals surface area contributed by atoms with Crippen molar-refractivity contribution in [3.63, 3.8) is 0 Å². The fourth-order valence-corrected chi connectivity index (χ4v) is 5.06. The molecule has 1 aliphatic rings. The summed E-state index contributed by atoms with van der Waals surface area (Å²) in [5.74, 6) is 0.950. The van der Waals surface area contributed by atoms with E-state index in [0.717, 1.165) is 21.8 Å². The summed E-state index contributed by atoms with van der Waals surface area (Å²) in [5, 5.41) is 3.89. The van der Waals surface area contributed by atoms with Crippen molar-refractivity contribution in [2.24, 2.45) is 0 Å². The van der Waals surface area contributed by atoms with Crippen LogP contribution in [0.4, 0.5) is 0 Å². The highest BCUT2D eigenvalue weighted by atomic mass is 32.1. The summed E-state index contributed by atoms with van der Waals surface area (Å²) in [5.41, 5.74) is 3.31. The Morgan fingerprint density at radius 2 is 1.63 bits per heavy atom. The quantitative estimate of drug-likeness (QED) is 0.582. The Morgan fingerprint density at radius 1 is 0.933 bits per heavy atom. The van der Waals surface area contributed by atoms with Gasteiger partial charge in [-0.3, -0.25) is 9.59 Å². The number of amides is 2. The number of thiophene rings is 2. The van der Waals surface area contributed by atoms with Crippen LogP contribution in [-0.4, -0.2) is 47.8 Å². The lowest BCUT2D eigenvalue weighted by Gasteiger charge is -2.34. The molecule has 0 radical (unpaired) electrons. The third kappa shape index (κ3) is 4.57. The minimum Gasteiger partial charge on any atom is -0.489 e. The average molecular weight is 441 g/mol. The first-order chi connectivity index (χ1) is 14.5. The predicted octanol–water partition coefficient (Wildman–Crippen LogP) is 4.60. The topological polar surface area (TPSA) is 49.9 Å². The van der Waals surface area contributed by atoms with Gasteiger partial charge in [0.15, 0.2) is 0 Å². The van der Waals surface area contributed by atoms with Crippen LogP contribution < -0.4 is 4.74 Å². The number of rotatable bonds is 5. The van der Waals surface area contributed by atoms with Gasteiger partial charge in [0.05, 0.1) is 9.75 Å². The molecule has 0 N–H and O–H groups in total. The Bertz CT molecular complexity index is 1030. The molecule has 0 aliphatic carbocycles. The largest absolute Gasteiger partial charge is 0.489 e. The van der Waals surface area contributed by atoms with Gasteiger partial charge in [-0.1, -0.05) is 23.8 Å². The number of nitrogens with zero attached hydrogens (tertiary/aromatic N) is 2. The lowest BCUT2D eigenvalue weighted by molar-refractivity contribution is 0.0540. The first-order valence-corrected chi connectivity index (χ1v) is 11.7. The second kappa shape index (κ2) is 9.02. The Hall–Kier alpha value is -2.64. The Balaban J connectivity index is 1.31. The summed E-state index contributed by atoms with van der Waals surface area (Å²) in [6, 6.07) is 11.8. The first-order valence-electron chi connectivity index (χ1n) is 9.91. The van der Waals surface area contributed by atoms with Crippen molar-refractivity contribution >= 4 is 34.5 Å². The Kier molecular flexibility index (Phi) is 6.20. The summed E-state index contributed by atoms with van der Waals surface area (Å²) >= 11 is 2.90. The van der Waals surface area contributed by atoms with Gasteiger partial charge in [-0.2, -0.15) is 0 Å². The van der Waals surface area contributed by atoms with Crippen LogP contribution in [0.5, 0.6) is 5.75 Å². The molecule has 2 aromatic heterocycles. The van der Waals surface area contributed by atoms with Gasteiger partial charge in [0.2, 0.25) is 0 Å². The maximum absolute atomic E-state index is 12.9. The fraction of sp³-hybridized carbons (Fsp3) is 0.304. The summed E-state index contributed by atoms with van der Waals surface area (Å²) in [6.07, 6.45) is 0. The van der Waals surface area contributed by atoms with E-state index < -0.39 is 0 Å². The van der Waals surface area contributed by atoms with E-state index in [0.29, 0.717) is 37.7 Å². The maximum atomic E-state index is 12.9. The summed E-state index contributed by atoms with van der Waals surface area (Å²) in [7, 11) is 0. The van der Waals surface area contributed by atoms with Crippen molar-refractivity contribution in [1.29, 1.82) is 0 Å². The monoisotopic (exact) mass is 440 g/mol. The second-order valence-corrected chi connectivity index (χ2v) is 9.30. The molecule has 0 saturated carbocycles. The number of ether oxygens (including phenoxy) is 1. The maximum Gasteiger partial charge on any atom is 0.264 e. The van der Waals surface area contributed by atoms with Gasteiger partial charge in [0, 0.05) is 31.7 Å². The van der Waals surface area contributed by atoms with Crippen molar-refractivity contribution in [2.45, 2.75) is 20.5 Å². The lowest BCUT2D eigenvalue weighted by atomic mass is 10.1. The van der Waals surface area contributed by atoms with E-state index in [-0.39, 0.29) is 11.8 Å². The van der Waals surface area contributed by atoms with E-state index in [2.05, 4.69) is 13.0 Å². The molecule has 156 valence electrons. The molecule has 3 aromatic rings. The molecule has 30 heavy (non-hydrogen) atoms. The second-order valence-electron chi connectivity index (χ2n) is 7.44. The van der Waals surface area contributed by atoms with Crippen LogP contribution in [0.3, 0.4) is 0 Å². The normalized spacial score (nSPS) is 14.1. The molecule has 1 aromatic carbocycles. The van der Waals surface area contributed by atoms with Gasteiger partial charge >= 0.3 is 0 Å². The number of carbonyl (C=O) groups is 2. The minimum absolute atomic E-state index is 0.0287. The van der Waals surface area contributed by atoms with Gasteiger partial charge < -0.3 is 14.5 Å². The molecule has 1 saturated heterocycles. The van der Waals surface area contributed by atoms with Crippen LogP contribution in [0.2, 0.25) is 0 Å². The molecule has 7 heteroatoms. The van der Waals surface area contributed by atoms with Crippen molar-refractivity contribution in [1.82, 2.24) is 9.80 Å². The van der Waals surface area contributed by atoms with E-state index in [4.69, 9.17) is 4.74 Å². The molecule has 0 atom stereocenters. The molecule has 0 bridgehead atoms. The molecule has 1 fully saturated rings. The van der Waals surface area contributed by atoms with E-state index >= 15 is 0 Å². The molecule has 1 aliphatic heterocycles. The minimum atomic E-state index is 0.0287. The van der Waals surface area contributed by atoms with Crippen molar-refractivity contribution < 1.29 is 14.3 Å². The molecule has 4 rings (SSSR count). The third-order valence-electron chi connectivity index (χ3n) is 5.18. The lowest BCUT2D eigenvalue weighted by Crippen LogP contribution is -2.50. The van der Waals surface area contributed by atoms with Gasteiger partial charge in [0.1, 0.15) is 12.4 Å². The summed E-state index contributed by atoms with van der Waals surface area (Å²) in [6.45, 7) is 6.79. The van der Waals surface area contributed by atoms with Crippen molar-refractivity contribution in [3.05, 3.63) is 73.6 Å². The van der Waals surface area contributed by atoms with Crippen LogP contribution in [0.15, 0.2) is 47.2 Å². The number of hydrogen-bond donors (Lipinski definition) is 0. The highest BCUT2D eigenvalue weighted by molar-refractivity contribution is 7.12. The summed E-state index contributed by atoms with van der Waals surface area (Å²) < 4.78 is 5.93. The van der Waals surface area contributed by atoms with Gasteiger partial charge in [-0.25, -0.2) is 0 Å². The zero-order valence-corrected chi connectivity index (χ0v) is 18.7. The van der Waals surface area contributed by atoms with Gasteiger partial charge in [-0.15, -0.1) is 22.7 Å². The first kappa shape index (κ1) is 20.6. The Labute approximate surface area is 184 Å². The molecule has 0 spiro atoms. The van der Waals surface area contributed by atoms with Gasteiger partial charge in [-0.05, 0) is 48.4 Å². The predicted molar refractivity (Wildman–Crippen MR) is 121 cm³/mol. The smallest absolute Gasteiger partial charge is 0.264 e. The molecular formula is C23H24N2O3S2. The standard InChI is InChI=1S/C23H24N2O3S2/c1-16-5-6-19(17(2)12-16)28-14-18-13-21(30-15-18)23(27)25-9-7-24(8-10-25)22(26)20-4-3-11-29-20/h3-6,11-13,15H,7-10,14H2,1-2H3. The third-order valence-corrected chi connectivity index (χ3v) is 7.00. The Morgan fingerprint density at radius 3 is 2.27 bits per heavy atom. The summed E-state index contributed by atoms with van der Waals surface area (Å²) in [4.78, 5) is 30.5. The van der Waals surface area contributed by atoms with E-state index in [9.17, 15) is 9.59 Å².